The SMILES string of the molecule is Cc1nn(Cc2ccccc2)c(C)c1CNc1nc2ccc([N+](=O)[O-])cc2s1. The van der Waals surface area contributed by atoms with E-state index in [0.29, 0.717) is 6.54 Å². The normalized spacial score (nSPS) is 11.1. The molecule has 8 heteroatoms. The molecule has 0 bridgehead atoms. The van der Waals surface area contributed by atoms with Crippen molar-refractivity contribution in [3.63, 3.8) is 0 Å². The number of nitrogens with one attached hydrogen (secondary N) is 1. The number of non-ortho nitro benzene ring substituents is 1. The highest BCUT2D eigenvalue weighted by molar-refractivity contribution is 7.22. The Hall–Kier alpha value is -3.26. The number of anilines is 1. The van der Waals surface area contributed by atoms with Crippen LogP contribution in [0, 0.1) is 24.0 Å². The summed E-state index contributed by atoms with van der Waals surface area (Å²) in [7, 11) is 0. The van der Waals surface area contributed by atoms with Crippen molar-refractivity contribution in [2.45, 2.75) is 26.9 Å². The highest BCUT2D eigenvalue weighted by atomic mass is 32.1. The van der Waals surface area contributed by atoms with Crippen LogP contribution >= 0.6 is 11.3 Å². The lowest BCUT2D eigenvalue weighted by molar-refractivity contribution is -0.384. The van der Waals surface area contributed by atoms with Crippen LogP contribution in [0.4, 0.5) is 10.8 Å². The Balaban J connectivity index is 1.52. The summed E-state index contributed by atoms with van der Waals surface area (Å²) in [5, 5.41) is 19.7. The average Bonchev–Trinajstić information content (AvgIpc) is 3.21. The van der Waals surface area contributed by atoms with Gasteiger partial charge in [0.25, 0.3) is 5.69 Å². The summed E-state index contributed by atoms with van der Waals surface area (Å²) in [5.74, 6) is 0. The van der Waals surface area contributed by atoms with E-state index >= 15 is 0 Å². The van der Waals surface area contributed by atoms with Gasteiger partial charge in [-0.05, 0) is 25.5 Å². The summed E-state index contributed by atoms with van der Waals surface area (Å²) in [6.45, 7) is 5.42. The molecule has 0 atom stereocenters. The van der Waals surface area contributed by atoms with Crippen LogP contribution < -0.4 is 5.32 Å². The highest BCUT2D eigenvalue weighted by Crippen LogP contribution is 2.29. The van der Waals surface area contributed by atoms with E-state index in [9.17, 15) is 10.1 Å². The molecule has 0 aliphatic heterocycles. The van der Waals surface area contributed by atoms with Gasteiger partial charge in [0.1, 0.15) is 0 Å². The molecule has 0 aliphatic rings. The van der Waals surface area contributed by atoms with E-state index in [0.717, 1.165) is 38.8 Å². The first-order chi connectivity index (χ1) is 13.5. The van der Waals surface area contributed by atoms with Crippen molar-refractivity contribution in [1.82, 2.24) is 14.8 Å². The molecule has 1 N–H and O–H groups in total. The van der Waals surface area contributed by atoms with Crippen molar-refractivity contribution in [3.05, 3.63) is 81.2 Å². The second kappa shape index (κ2) is 7.40. The molecule has 142 valence electrons. The molecule has 0 aliphatic carbocycles. The van der Waals surface area contributed by atoms with Crippen LogP contribution in [0.5, 0.6) is 0 Å². The fourth-order valence-electron chi connectivity index (χ4n) is 3.17. The summed E-state index contributed by atoms with van der Waals surface area (Å²) >= 11 is 1.42. The zero-order valence-corrected chi connectivity index (χ0v) is 16.4. The first kappa shape index (κ1) is 18.1. The third-order valence-electron chi connectivity index (χ3n) is 4.71. The minimum atomic E-state index is -0.389. The third kappa shape index (κ3) is 3.59. The number of fused-ring (bicyclic) bond motifs is 1. The summed E-state index contributed by atoms with van der Waals surface area (Å²) in [4.78, 5) is 15.1. The number of hydrogen-bond donors (Lipinski definition) is 1. The molecule has 0 fully saturated rings. The molecular weight excluding hydrogens is 374 g/mol. The van der Waals surface area contributed by atoms with Crippen LogP contribution in [-0.2, 0) is 13.1 Å². The van der Waals surface area contributed by atoms with E-state index in [1.54, 1.807) is 12.1 Å². The standard InChI is InChI=1S/C20H19N5O2S/c1-13-17(14(2)24(23-13)12-15-6-4-3-5-7-15)11-21-20-22-18-9-8-16(25(26)27)10-19(18)28-20/h3-10H,11-12H2,1-2H3,(H,21,22). The number of hydrogen-bond acceptors (Lipinski definition) is 6. The molecule has 7 nitrogen and oxygen atoms in total. The van der Waals surface area contributed by atoms with Crippen LogP contribution in [0.25, 0.3) is 10.2 Å². The number of aromatic nitrogens is 3. The van der Waals surface area contributed by atoms with Crippen molar-refractivity contribution >= 4 is 32.4 Å². The lowest BCUT2D eigenvalue weighted by Crippen LogP contribution is -2.05. The third-order valence-corrected chi connectivity index (χ3v) is 5.68. The van der Waals surface area contributed by atoms with E-state index < -0.39 is 0 Å². The maximum atomic E-state index is 10.9. The molecule has 0 unspecified atom stereocenters. The molecule has 4 aromatic rings. The molecule has 2 aromatic heterocycles. The Kier molecular flexibility index (Phi) is 4.79. The van der Waals surface area contributed by atoms with Crippen LogP contribution in [0.1, 0.15) is 22.5 Å². The molecule has 4 rings (SSSR count). The second-order valence-corrected chi connectivity index (χ2v) is 7.60. The number of nitro groups is 1. The minimum Gasteiger partial charge on any atom is -0.357 e. The van der Waals surface area contributed by atoms with Gasteiger partial charge in [0.15, 0.2) is 5.13 Å². The molecule has 0 spiro atoms. The smallest absolute Gasteiger partial charge is 0.270 e. The largest absolute Gasteiger partial charge is 0.357 e. The van der Waals surface area contributed by atoms with Gasteiger partial charge in [0.05, 0.1) is 27.4 Å². The zero-order valence-electron chi connectivity index (χ0n) is 15.5. The Morgan fingerprint density at radius 3 is 2.71 bits per heavy atom. The van der Waals surface area contributed by atoms with Crippen LogP contribution in [0.3, 0.4) is 0 Å². The molecule has 0 saturated carbocycles. The van der Waals surface area contributed by atoms with Gasteiger partial charge >= 0.3 is 0 Å². The maximum absolute atomic E-state index is 10.9. The quantitative estimate of drug-likeness (QED) is 0.380. The fraction of sp³-hybridized carbons (Fsp3) is 0.200. The van der Waals surface area contributed by atoms with E-state index in [1.165, 1.54) is 23.0 Å². The number of nitro benzene ring substituents is 1. The molecule has 0 saturated heterocycles. The van der Waals surface area contributed by atoms with Gasteiger partial charge in [-0.25, -0.2) is 4.98 Å². The first-order valence-corrected chi connectivity index (χ1v) is 9.68. The minimum absolute atomic E-state index is 0.0802. The first-order valence-electron chi connectivity index (χ1n) is 8.87. The highest BCUT2D eigenvalue weighted by Gasteiger charge is 2.14. The van der Waals surface area contributed by atoms with Crippen molar-refractivity contribution in [3.8, 4) is 0 Å². The number of thiazole rings is 1. The average molecular weight is 393 g/mol. The summed E-state index contributed by atoms with van der Waals surface area (Å²) in [6.07, 6.45) is 0. The summed E-state index contributed by atoms with van der Waals surface area (Å²) < 4.78 is 2.81. The predicted octanol–water partition coefficient (Wildman–Crippen LogP) is 4.68. The molecule has 0 amide bonds. The van der Waals surface area contributed by atoms with Crippen molar-refractivity contribution in [2.75, 3.05) is 5.32 Å². The molecule has 0 radical (unpaired) electrons. The molecule has 2 heterocycles. The van der Waals surface area contributed by atoms with Crippen molar-refractivity contribution < 1.29 is 4.92 Å². The summed E-state index contributed by atoms with van der Waals surface area (Å²) in [5.41, 5.74) is 5.28. The Labute approximate surface area is 165 Å². The second-order valence-electron chi connectivity index (χ2n) is 6.57. The monoisotopic (exact) mass is 393 g/mol. The molecule has 2 aromatic carbocycles. The Morgan fingerprint density at radius 1 is 1.18 bits per heavy atom. The van der Waals surface area contributed by atoms with Gasteiger partial charge in [-0.2, -0.15) is 5.10 Å². The Bertz CT molecular complexity index is 1150. The van der Waals surface area contributed by atoms with Gasteiger partial charge in [-0.3, -0.25) is 14.8 Å². The topological polar surface area (TPSA) is 85.9 Å². The maximum Gasteiger partial charge on any atom is 0.270 e. The molecule has 28 heavy (non-hydrogen) atoms. The number of rotatable bonds is 6. The van der Waals surface area contributed by atoms with Gasteiger partial charge in [-0.15, -0.1) is 0 Å². The Morgan fingerprint density at radius 2 is 1.96 bits per heavy atom. The van der Waals surface area contributed by atoms with Gasteiger partial charge in [0.2, 0.25) is 0 Å². The van der Waals surface area contributed by atoms with Crippen LogP contribution in [-0.4, -0.2) is 19.7 Å². The number of nitrogens with zero attached hydrogens (tertiary/aromatic N) is 4. The summed E-state index contributed by atoms with van der Waals surface area (Å²) in [6, 6.07) is 15.0. The van der Waals surface area contributed by atoms with Gasteiger partial charge in [0, 0.05) is 29.9 Å². The predicted molar refractivity (Wildman–Crippen MR) is 111 cm³/mol. The van der Waals surface area contributed by atoms with Gasteiger partial charge in [-0.1, -0.05) is 41.7 Å². The van der Waals surface area contributed by atoms with Crippen molar-refractivity contribution in [2.24, 2.45) is 0 Å². The van der Waals surface area contributed by atoms with Crippen LogP contribution in [0.2, 0.25) is 0 Å². The van der Waals surface area contributed by atoms with Gasteiger partial charge < -0.3 is 5.32 Å². The van der Waals surface area contributed by atoms with Crippen molar-refractivity contribution in [1.29, 1.82) is 0 Å². The van der Waals surface area contributed by atoms with E-state index in [2.05, 4.69) is 34.5 Å². The lowest BCUT2D eigenvalue weighted by Gasteiger charge is -2.06. The molecular formula is C20H19N5O2S. The lowest BCUT2D eigenvalue weighted by atomic mass is 10.2. The fourth-order valence-corrected chi connectivity index (χ4v) is 4.06. The zero-order chi connectivity index (χ0) is 19.7. The van der Waals surface area contributed by atoms with E-state index in [-0.39, 0.29) is 10.6 Å². The van der Waals surface area contributed by atoms with E-state index in [1.807, 2.05) is 29.8 Å². The number of benzene rings is 2. The van der Waals surface area contributed by atoms with Crippen LogP contribution in [0.15, 0.2) is 48.5 Å². The van der Waals surface area contributed by atoms with E-state index in [4.69, 9.17) is 0 Å². The number of aryl methyl sites for hydroxylation is 1.